The average molecular weight is 335 g/mol. The number of hydrogen-bond donors (Lipinski definition) is 1. The second kappa shape index (κ2) is 6.16. The molecule has 0 saturated heterocycles. The molecule has 1 aromatic rings. The van der Waals surface area contributed by atoms with E-state index in [0.717, 1.165) is 41.7 Å². The van der Waals surface area contributed by atoms with Crippen LogP contribution in [0.5, 0.6) is 11.5 Å². The maximum Gasteiger partial charge on any atom is 0.434 e. The predicted molar refractivity (Wildman–Crippen MR) is 88.0 cm³/mol. The molecule has 1 fully saturated rings. The van der Waals surface area contributed by atoms with Crippen LogP contribution in [0.25, 0.3) is 0 Å². The minimum absolute atomic E-state index is 0.229. The highest BCUT2D eigenvalue weighted by atomic mass is 16.7. The maximum atomic E-state index is 12.3. The molecule has 1 aliphatic carbocycles. The molecule has 1 aromatic carbocycles. The molecule has 1 N–H and O–H groups in total. The number of carbonyl (C=O) groups excluding carboxylic acids is 1. The van der Waals surface area contributed by atoms with E-state index in [0.29, 0.717) is 6.42 Å². The molecule has 2 aliphatic rings. The number of carbonyl (C=O) groups is 1. The summed E-state index contributed by atoms with van der Waals surface area (Å²) < 4.78 is 11.4. The molecule has 1 unspecified atom stereocenters. The van der Waals surface area contributed by atoms with Crippen molar-refractivity contribution in [3.05, 3.63) is 22.8 Å². The quantitative estimate of drug-likeness (QED) is 0.852. The van der Waals surface area contributed by atoms with Gasteiger partial charge in [0, 0.05) is 17.5 Å². The predicted octanol–water partition coefficient (Wildman–Crippen LogP) is 3.78. The van der Waals surface area contributed by atoms with Crippen LogP contribution in [0.1, 0.15) is 55.3 Å². The summed E-state index contributed by atoms with van der Waals surface area (Å²) in [5.74, 6) is 0.955. The summed E-state index contributed by atoms with van der Waals surface area (Å²) in [7, 11) is 1.46. The van der Waals surface area contributed by atoms with Crippen LogP contribution < -0.4 is 4.74 Å². The lowest BCUT2D eigenvalue weighted by Gasteiger charge is -2.49. The molecule has 24 heavy (non-hydrogen) atoms. The Morgan fingerprint density at radius 1 is 1.46 bits per heavy atom. The first-order valence-electron chi connectivity index (χ1n) is 8.44. The first-order valence-corrected chi connectivity index (χ1v) is 8.44. The SMILES string of the molecule is CCOC(=O)N(OC)C1CC2(CCC2)Oc2cc(C)c(O)c(C)c21. The fourth-order valence-electron chi connectivity index (χ4n) is 3.77. The number of aromatic hydroxyl groups is 1. The first kappa shape index (κ1) is 16.9. The Kier molecular flexibility index (Phi) is 4.34. The van der Waals surface area contributed by atoms with Gasteiger partial charge in [-0.05, 0) is 51.7 Å². The Balaban J connectivity index is 2.08. The molecule has 1 spiro atoms. The molecule has 1 atom stereocenters. The molecular formula is C18H25NO5. The van der Waals surface area contributed by atoms with Crippen LogP contribution in [0, 0.1) is 13.8 Å². The fourth-order valence-corrected chi connectivity index (χ4v) is 3.77. The normalized spacial score (nSPS) is 20.8. The summed E-state index contributed by atoms with van der Waals surface area (Å²) in [4.78, 5) is 17.7. The number of hydrogen-bond acceptors (Lipinski definition) is 5. The van der Waals surface area contributed by atoms with Gasteiger partial charge in [-0.3, -0.25) is 4.84 Å². The topological polar surface area (TPSA) is 68.2 Å². The second-order valence-electron chi connectivity index (χ2n) is 6.64. The van der Waals surface area contributed by atoms with E-state index in [1.807, 2.05) is 19.9 Å². The molecule has 1 heterocycles. The number of rotatable bonds is 3. The number of hydroxylamine groups is 2. The minimum Gasteiger partial charge on any atom is -0.507 e. The zero-order chi connectivity index (χ0) is 17.5. The molecule has 132 valence electrons. The summed E-state index contributed by atoms with van der Waals surface area (Å²) >= 11 is 0. The Hall–Kier alpha value is -1.95. The molecule has 0 radical (unpaired) electrons. The third-order valence-electron chi connectivity index (χ3n) is 5.16. The van der Waals surface area contributed by atoms with Gasteiger partial charge in [0.25, 0.3) is 0 Å². The van der Waals surface area contributed by atoms with Crippen molar-refractivity contribution < 1.29 is 24.2 Å². The van der Waals surface area contributed by atoms with Gasteiger partial charge in [0.2, 0.25) is 0 Å². The molecule has 6 nitrogen and oxygen atoms in total. The van der Waals surface area contributed by atoms with Crippen molar-refractivity contribution in [2.24, 2.45) is 0 Å². The lowest BCUT2D eigenvalue weighted by molar-refractivity contribution is -0.165. The van der Waals surface area contributed by atoms with E-state index in [9.17, 15) is 9.90 Å². The zero-order valence-electron chi connectivity index (χ0n) is 14.7. The van der Waals surface area contributed by atoms with Gasteiger partial charge in [-0.1, -0.05) is 0 Å². The Labute approximate surface area is 142 Å². The van der Waals surface area contributed by atoms with Crippen LogP contribution in [-0.2, 0) is 9.57 Å². The molecular weight excluding hydrogens is 310 g/mol. The van der Waals surface area contributed by atoms with Crippen molar-refractivity contribution >= 4 is 6.09 Å². The van der Waals surface area contributed by atoms with Crippen LogP contribution >= 0.6 is 0 Å². The lowest BCUT2D eigenvalue weighted by Crippen LogP contribution is -2.50. The van der Waals surface area contributed by atoms with E-state index in [1.165, 1.54) is 12.2 Å². The summed E-state index contributed by atoms with van der Waals surface area (Å²) in [6, 6.07) is 1.51. The standard InChI is InChI=1S/C18H25NO5/c1-5-23-17(21)19(22-4)13-10-18(7-6-8-18)24-14-9-11(2)16(20)12(3)15(13)14/h9,13,20H,5-8,10H2,1-4H3. The Morgan fingerprint density at radius 2 is 2.17 bits per heavy atom. The smallest absolute Gasteiger partial charge is 0.434 e. The van der Waals surface area contributed by atoms with Gasteiger partial charge in [-0.15, -0.1) is 0 Å². The first-order chi connectivity index (χ1) is 11.4. The summed E-state index contributed by atoms with van der Waals surface area (Å²) in [6.45, 7) is 5.73. The van der Waals surface area contributed by atoms with Crippen molar-refractivity contribution in [1.82, 2.24) is 5.06 Å². The monoisotopic (exact) mass is 335 g/mol. The molecule has 0 bridgehead atoms. The third-order valence-corrected chi connectivity index (χ3v) is 5.16. The van der Waals surface area contributed by atoms with E-state index >= 15 is 0 Å². The largest absolute Gasteiger partial charge is 0.507 e. The van der Waals surface area contributed by atoms with Crippen LogP contribution in [-0.4, -0.2) is 35.6 Å². The molecule has 6 heteroatoms. The number of fused-ring (bicyclic) bond motifs is 1. The molecule has 1 aliphatic heterocycles. The summed E-state index contributed by atoms with van der Waals surface area (Å²) in [5.41, 5.74) is 2.03. The zero-order valence-corrected chi connectivity index (χ0v) is 14.7. The van der Waals surface area contributed by atoms with E-state index in [1.54, 1.807) is 6.92 Å². The van der Waals surface area contributed by atoms with Gasteiger partial charge in [0.15, 0.2) is 0 Å². The van der Waals surface area contributed by atoms with Gasteiger partial charge >= 0.3 is 6.09 Å². The van der Waals surface area contributed by atoms with Crippen molar-refractivity contribution in [2.75, 3.05) is 13.7 Å². The molecule has 1 saturated carbocycles. The van der Waals surface area contributed by atoms with Gasteiger partial charge in [0.05, 0.1) is 19.8 Å². The molecule has 0 aromatic heterocycles. The number of benzene rings is 1. The number of ether oxygens (including phenoxy) is 2. The average Bonchev–Trinajstić information content (AvgIpc) is 2.51. The lowest BCUT2D eigenvalue weighted by atomic mass is 9.72. The van der Waals surface area contributed by atoms with Gasteiger partial charge in [0.1, 0.15) is 17.1 Å². The third kappa shape index (κ3) is 2.59. The minimum atomic E-state index is -0.521. The second-order valence-corrected chi connectivity index (χ2v) is 6.64. The molecule has 3 rings (SSSR count). The fraction of sp³-hybridized carbons (Fsp3) is 0.611. The van der Waals surface area contributed by atoms with E-state index in [4.69, 9.17) is 14.3 Å². The van der Waals surface area contributed by atoms with Crippen molar-refractivity contribution in [3.63, 3.8) is 0 Å². The number of phenolic OH excluding ortho intramolecular Hbond substituents is 1. The Bertz CT molecular complexity index is 653. The number of aryl methyl sites for hydroxylation is 1. The highest BCUT2D eigenvalue weighted by Crippen LogP contribution is 2.53. The maximum absolute atomic E-state index is 12.3. The van der Waals surface area contributed by atoms with E-state index in [-0.39, 0.29) is 24.0 Å². The van der Waals surface area contributed by atoms with Crippen LogP contribution in [0.3, 0.4) is 0 Å². The number of nitrogens with zero attached hydrogens (tertiary/aromatic N) is 1. The van der Waals surface area contributed by atoms with Crippen LogP contribution in [0.4, 0.5) is 4.79 Å². The number of phenols is 1. The number of amides is 1. The summed E-state index contributed by atoms with van der Waals surface area (Å²) in [6.07, 6.45) is 3.15. The molecule has 1 amide bonds. The van der Waals surface area contributed by atoms with Gasteiger partial charge in [-0.2, -0.15) is 5.06 Å². The van der Waals surface area contributed by atoms with E-state index < -0.39 is 6.09 Å². The van der Waals surface area contributed by atoms with Crippen LogP contribution in [0.2, 0.25) is 0 Å². The van der Waals surface area contributed by atoms with Gasteiger partial charge in [-0.25, -0.2) is 4.79 Å². The van der Waals surface area contributed by atoms with Crippen molar-refractivity contribution in [1.29, 1.82) is 0 Å². The highest BCUT2D eigenvalue weighted by molar-refractivity contribution is 5.68. The van der Waals surface area contributed by atoms with Crippen LogP contribution in [0.15, 0.2) is 6.07 Å². The Morgan fingerprint density at radius 3 is 2.71 bits per heavy atom. The summed E-state index contributed by atoms with van der Waals surface area (Å²) in [5, 5.41) is 11.6. The van der Waals surface area contributed by atoms with Gasteiger partial charge < -0.3 is 14.6 Å². The van der Waals surface area contributed by atoms with E-state index in [2.05, 4.69) is 0 Å². The van der Waals surface area contributed by atoms with Crippen molar-refractivity contribution in [3.8, 4) is 11.5 Å². The van der Waals surface area contributed by atoms with Crippen molar-refractivity contribution in [2.45, 2.75) is 58.1 Å². The highest BCUT2D eigenvalue weighted by Gasteiger charge is 2.49.